The topological polar surface area (TPSA) is 70.6 Å². The maximum Gasteiger partial charge on any atom is 0.416 e. The van der Waals surface area contributed by atoms with Crippen LogP contribution >= 0.6 is 24.0 Å². The van der Waals surface area contributed by atoms with Gasteiger partial charge in [0.2, 0.25) is 0 Å². The summed E-state index contributed by atoms with van der Waals surface area (Å²) in [4.78, 5) is 4.15. The molecule has 0 unspecified atom stereocenters. The number of guanidine groups is 1. The SMILES string of the molecule is CCNC(=NCc1ccc(F)cc1C(F)(F)F)NCC(C)(C)CCS(C)(=O)=O.I. The Kier molecular flexibility index (Phi) is 10.9. The van der Waals surface area contributed by atoms with Crippen molar-refractivity contribution >= 4 is 39.8 Å². The van der Waals surface area contributed by atoms with Crippen molar-refractivity contribution in [1.82, 2.24) is 10.6 Å². The van der Waals surface area contributed by atoms with Gasteiger partial charge in [-0.15, -0.1) is 24.0 Å². The highest BCUT2D eigenvalue weighted by atomic mass is 127. The molecule has 0 amide bonds. The Labute approximate surface area is 186 Å². The molecule has 1 rings (SSSR count). The van der Waals surface area contributed by atoms with Crippen molar-refractivity contribution < 1.29 is 26.0 Å². The fraction of sp³-hybridized carbons (Fsp3) is 0.611. The first kappa shape index (κ1) is 27.9. The van der Waals surface area contributed by atoms with E-state index in [1.807, 2.05) is 20.8 Å². The summed E-state index contributed by atoms with van der Waals surface area (Å²) in [5, 5.41) is 5.96. The van der Waals surface area contributed by atoms with Crippen LogP contribution in [0.3, 0.4) is 0 Å². The predicted octanol–water partition coefficient (Wildman–Crippen LogP) is 3.98. The van der Waals surface area contributed by atoms with Gasteiger partial charge in [0.15, 0.2) is 5.96 Å². The maximum atomic E-state index is 13.2. The molecule has 0 aliphatic heterocycles. The summed E-state index contributed by atoms with van der Waals surface area (Å²) in [6, 6.07) is 2.50. The van der Waals surface area contributed by atoms with E-state index in [0.29, 0.717) is 31.5 Å². The molecule has 0 saturated heterocycles. The zero-order valence-corrected chi connectivity index (χ0v) is 20.0. The Hall–Kier alpha value is -1.11. The van der Waals surface area contributed by atoms with Crippen molar-refractivity contribution in [2.75, 3.05) is 25.1 Å². The zero-order chi connectivity index (χ0) is 21.6. The van der Waals surface area contributed by atoms with E-state index in [0.717, 1.165) is 12.1 Å². The minimum atomic E-state index is -4.67. The average molecular weight is 553 g/mol. The normalized spacial score (nSPS) is 13.0. The van der Waals surface area contributed by atoms with Crippen molar-refractivity contribution in [3.8, 4) is 0 Å². The van der Waals surface area contributed by atoms with Crippen LogP contribution in [0.2, 0.25) is 0 Å². The zero-order valence-electron chi connectivity index (χ0n) is 16.9. The van der Waals surface area contributed by atoms with Crippen molar-refractivity contribution in [3.05, 3.63) is 35.1 Å². The molecule has 2 N–H and O–H groups in total. The molecule has 1 aromatic rings. The minimum absolute atomic E-state index is 0. The van der Waals surface area contributed by atoms with Crippen LogP contribution in [-0.4, -0.2) is 39.5 Å². The molecule has 1 aromatic carbocycles. The van der Waals surface area contributed by atoms with Gasteiger partial charge in [-0.1, -0.05) is 19.9 Å². The van der Waals surface area contributed by atoms with E-state index in [1.165, 1.54) is 6.26 Å². The van der Waals surface area contributed by atoms with E-state index in [1.54, 1.807) is 0 Å². The second kappa shape index (κ2) is 11.3. The molecule has 0 aliphatic carbocycles. The highest BCUT2D eigenvalue weighted by Crippen LogP contribution is 2.32. The second-order valence-electron chi connectivity index (χ2n) is 7.39. The lowest BCUT2D eigenvalue weighted by Crippen LogP contribution is -2.42. The lowest BCUT2D eigenvalue weighted by atomic mass is 9.90. The molecule has 0 aliphatic rings. The van der Waals surface area contributed by atoms with Gasteiger partial charge >= 0.3 is 6.18 Å². The second-order valence-corrected chi connectivity index (χ2v) is 9.65. The first-order valence-corrected chi connectivity index (χ1v) is 10.8. The highest BCUT2D eigenvalue weighted by molar-refractivity contribution is 14.0. The summed E-state index contributed by atoms with van der Waals surface area (Å²) >= 11 is 0. The van der Waals surface area contributed by atoms with E-state index < -0.39 is 27.4 Å². The van der Waals surface area contributed by atoms with Crippen molar-refractivity contribution in [2.45, 2.75) is 39.9 Å². The van der Waals surface area contributed by atoms with Gasteiger partial charge in [-0.05, 0) is 36.5 Å². The number of sulfone groups is 1. The van der Waals surface area contributed by atoms with Crippen molar-refractivity contribution in [1.29, 1.82) is 0 Å². The highest BCUT2D eigenvalue weighted by Gasteiger charge is 2.33. The summed E-state index contributed by atoms with van der Waals surface area (Å²) in [6.07, 6.45) is -3.08. The van der Waals surface area contributed by atoms with E-state index in [-0.39, 0.29) is 47.3 Å². The number of nitrogens with zero attached hydrogens (tertiary/aromatic N) is 1. The molecular weight excluding hydrogens is 525 g/mol. The number of hydrogen-bond donors (Lipinski definition) is 2. The third-order valence-electron chi connectivity index (χ3n) is 4.01. The van der Waals surface area contributed by atoms with Crippen LogP contribution in [0.1, 0.15) is 38.3 Å². The lowest BCUT2D eigenvalue weighted by molar-refractivity contribution is -0.138. The van der Waals surface area contributed by atoms with Crippen LogP contribution in [-0.2, 0) is 22.6 Å². The summed E-state index contributed by atoms with van der Waals surface area (Å²) in [5.74, 6) is -0.620. The fourth-order valence-corrected chi connectivity index (χ4v) is 3.25. The first-order chi connectivity index (χ1) is 12.7. The van der Waals surface area contributed by atoms with E-state index in [9.17, 15) is 26.0 Å². The molecule has 5 nitrogen and oxygen atoms in total. The monoisotopic (exact) mass is 553 g/mol. The summed E-state index contributed by atoms with van der Waals surface area (Å²) < 4.78 is 75.2. The third-order valence-corrected chi connectivity index (χ3v) is 4.96. The molecule has 29 heavy (non-hydrogen) atoms. The molecule has 168 valence electrons. The van der Waals surface area contributed by atoms with Crippen LogP contribution in [0.5, 0.6) is 0 Å². The van der Waals surface area contributed by atoms with Gasteiger partial charge in [-0.3, -0.25) is 0 Å². The maximum absolute atomic E-state index is 13.2. The Morgan fingerprint density at radius 1 is 1.17 bits per heavy atom. The van der Waals surface area contributed by atoms with Gasteiger partial charge in [0, 0.05) is 19.3 Å². The Morgan fingerprint density at radius 2 is 1.79 bits per heavy atom. The molecule has 0 bridgehead atoms. The molecule has 0 heterocycles. The molecule has 0 fully saturated rings. The molecule has 11 heteroatoms. The smallest absolute Gasteiger partial charge is 0.357 e. The first-order valence-electron chi connectivity index (χ1n) is 8.79. The lowest BCUT2D eigenvalue weighted by Gasteiger charge is -2.26. The average Bonchev–Trinajstić information content (AvgIpc) is 2.55. The van der Waals surface area contributed by atoms with Crippen LogP contribution in [0.4, 0.5) is 17.6 Å². The summed E-state index contributed by atoms with van der Waals surface area (Å²) in [7, 11) is -3.09. The molecular formula is C18H28F4IN3O2S. The number of hydrogen-bond acceptors (Lipinski definition) is 3. The fourth-order valence-electron chi connectivity index (χ4n) is 2.33. The van der Waals surface area contributed by atoms with Crippen LogP contribution in [0.15, 0.2) is 23.2 Å². The van der Waals surface area contributed by atoms with Gasteiger partial charge in [0.05, 0.1) is 17.9 Å². The third kappa shape index (κ3) is 11.0. The Morgan fingerprint density at radius 3 is 2.31 bits per heavy atom. The molecule has 0 radical (unpaired) electrons. The van der Waals surface area contributed by atoms with Crippen LogP contribution in [0, 0.1) is 11.2 Å². The van der Waals surface area contributed by atoms with Gasteiger partial charge in [-0.2, -0.15) is 13.2 Å². The number of aliphatic imine (C=N–C) groups is 1. The van der Waals surface area contributed by atoms with E-state index in [4.69, 9.17) is 0 Å². The Bertz CT molecular complexity index is 797. The number of alkyl halides is 3. The standard InChI is InChI=1S/C18H27F4N3O2S.HI/c1-5-23-16(25-12-17(2,3)8-9-28(4,26)27)24-11-13-6-7-14(19)10-15(13)18(20,21)22;/h6-7,10H,5,8-9,11-12H2,1-4H3,(H2,23,24,25);1H. The number of nitrogens with one attached hydrogen (secondary N) is 2. The van der Waals surface area contributed by atoms with Crippen molar-refractivity contribution in [3.63, 3.8) is 0 Å². The van der Waals surface area contributed by atoms with Crippen LogP contribution < -0.4 is 10.6 Å². The Balaban J connectivity index is 0.00000784. The number of rotatable bonds is 8. The minimum Gasteiger partial charge on any atom is -0.357 e. The quantitative estimate of drug-likeness (QED) is 0.221. The summed E-state index contributed by atoms with van der Waals surface area (Å²) in [5.41, 5.74) is -1.56. The van der Waals surface area contributed by atoms with E-state index >= 15 is 0 Å². The number of halogens is 5. The van der Waals surface area contributed by atoms with E-state index in [2.05, 4.69) is 15.6 Å². The molecule has 0 aromatic heterocycles. The summed E-state index contributed by atoms with van der Waals surface area (Å²) in [6.45, 7) is 6.17. The largest absolute Gasteiger partial charge is 0.416 e. The van der Waals surface area contributed by atoms with Crippen LogP contribution in [0.25, 0.3) is 0 Å². The predicted molar refractivity (Wildman–Crippen MR) is 118 cm³/mol. The van der Waals surface area contributed by atoms with Gasteiger partial charge < -0.3 is 10.6 Å². The van der Waals surface area contributed by atoms with Gasteiger partial charge in [-0.25, -0.2) is 17.8 Å². The number of benzene rings is 1. The van der Waals surface area contributed by atoms with Gasteiger partial charge in [0.25, 0.3) is 0 Å². The molecule has 0 atom stereocenters. The van der Waals surface area contributed by atoms with Crippen molar-refractivity contribution in [2.24, 2.45) is 10.4 Å². The molecule has 0 spiro atoms. The van der Waals surface area contributed by atoms with Gasteiger partial charge in [0.1, 0.15) is 15.7 Å². The molecule has 0 saturated carbocycles.